The zero-order valence-electron chi connectivity index (χ0n) is 19.5. The highest BCUT2D eigenvalue weighted by atomic mass is 16.5. The molecular formula is C23H27N7O5. The fourth-order valence-electron chi connectivity index (χ4n) is 4.39. The molecule has 2 aliphatic rings. The Morgan fingerprint density at radius 3 is 2.77 bits per heavy atom. The predicted octanol–water partition coefficient (Wildman–Crippen LogP) is 2.04. The topological polar surface area (TPSA) is 134 Å². The normalized spacial score (nSPS) is 20.3. The Labute approximate surface area is 201 Å². The monoisotopic (exact) mass is 481 g/mol. The summed E-state index contributed by atoms with van der Waals surface area (Å²) >= 11 is 0. The maximum absolute atomic E-state index is 13.2. The number of fused-ring (bicyclic) bond motifs is 1. The lowest BCUT2D eigenvalue weighted by Gasteiger charge is -2.38. The van der Waals surface area contributed by atoms with Crippen molar-refractivity contribution in [3.05, 3.63) is 41.9 Å². The number of rotatable bonds is 5. The summed E-state index contributed by atoms with van der Waals surface area (Å²) in [7, 11) is 0. The third-order valence-electron chi connectivity index (χ3n) is 6.19. The van der Waals surface area contributed by atoms with E-state index < -0.39 is 6.09 Å². The first-order chi connectivity index (χ1) is 16.9. The largest absolute Gasteiger partial charge is 0.487 e. The van der Waals surface area contributed by atoms with Crippen LogP contribution in [-0.2, 0) is 4.74 Å². The highest BCUT2D eigenvalue weighted by Gasteiger charge is 2.28. The number of ether oxygens (including phenoxy) is 2. The minimum Gasteiger partial charge on any atom is -0.487 e. The van der Waals surface area contributed by atoms with E-state index in [1.54, 1.807) is 28.8 Å². The van der Waals surface area contributed by atoms with Crippen molar-refractivity contribution < 1.29 is 24.2 Å². The molecule has 0 aliphatic carbocycles. The molecule has 2 fully saturated rings. The molecule has 3 aromatic rings. The molecule has 2 atom stereocenters. The molecule has 2 amide bonds. The first-order valence-corrected chi connectivity index (χ1v) is 11.5. The highest BCUT2D eigenvalue weighted by molar-refractivity contribution is 6.05. The van der Waals surface area contributed by atoms with E-state index in [0.717, 1.165) is 12.1 Å². The number of nitrogens with zero attached hydrogens (tertiary/aromatic N) is 6. The van der Waals surface area contributed by atoms with Crippen LogP contribution in [0.2, 0.25) is 0 Å². The van der Waals surface area contributed by atoms with E-state index in [0.29, 0.717) is 61.4 Å². The van der Waals surface area contributed by atoms with Gasteiger partial charge in [-0.15, -0.1) is 10.2 Å². The van der Waals surface area contributed by atoms with Crippen LogP contribution in [-0.4, -0.2) is 86.6 Å². The van der Waals surface area contributed by atoms with Crippen molar-refractivity contribution in [2.24, 2.45) is 0 Å². The number of piperazine rings is 1. The molecule has 2 aliphatic heterocycles. The van der Waals surface area contributed by atoms with Gasteiger partial charge in [-0.3, -0.25) is 4.79 Å². The number of carbonyl (C=O) groups excluding carboxylic acids is 1. The molecule has 0 saturated carbocycles. The van der Waals surface area contributed by atoms with Gasteiger partial charge in [-0.1, -0.05) is 0 Å². The molecule has 0 spiro atoms. The molecule has 5 rings (SSSR count). The summed E-state index contributed by atoms with van der Waals surface area (Å²) in [5.41, 5.74) is 1.87. The molecule has 12 nitrogen and oxygen atoms in total. The number of aromatic nitrogens is 4. The smallest absolute Gasteiger partial charge is 0.407 e. The van der Waals surface area contributed by atoms with Crippen molar-refractivity contribution >= 4 is 29.3 Å². The highest BCUT2D eigenvalue weighted by Crippen LogP contribution is 2.26. The number of imidazole rings is 1. The van der Waals surface area contributed by atoms with Gasteiger partial charge in [0, 0.05) is 50.6 Å². The second-order valence-electron chi connectivity index (χ2n) is 8.80. The van der Waals surface area contributed by atoms with Crippen molar-refractivity contribution in [3.63, 3.8) is 0 Å². The molecule has 184 valence electrons. The summed E-state index contributed by atoms with van der Waals surface area (Å²) in [5, 5.41) is 20.5. The molecule has 0 radical (unpaired) electrons. The van der Waals surface area contributed by atoms with Crippen LogP contribution in [0.4, 0.5) is 16.4 Å². The number of carbonyl (C=O) groups is 2. The van der Waals surface area contributed by atoms with Gasteiger partial charge >= 0.3 is 6.09 Å². The van der Waals surface area contributed by atoms with Crippen LogP contribution in [0.1, 0.15) is 29.4 Å². The quantitative estimate of drug-likeness (QED) is 0.561. The van der Waals surface area contributed by atoms with Gasteiger partial charge in [0.1, 0.15) is 17.5 Å². The Balaban J connectivity index is 1.32. The van der Waals surface area contributed by atoms with E-state index >= 15 is 0 Å². The van der Waals surface area contributed by atoms with Gasteiger partial charge in [0.05, 0.1) is 24.5 Å². The third kappa shape index (κ3) is 4.83. The molecule has 2 N–H and O–H groups in total. The lowest BCUT2D eigenvalue weighted by atomic mass is 10.2. The Kier molecular flexibility index (Phi) is 6.12. The van der Waals surface area contributed by atoms with Crippen LogP contribution >= 0.6 is 0 Å². The van der Waals surface area contributed by atoms with E-state index in [2.05, 4.69) is 20.5 Å². The molecule has 5 heterocycles. The van der Waals surface area contributed by atoms with Crippen molar-refractivity contribution in [2.45, 2.75) is 32.4 Å². The summed E-state index contributed by atoms with van der Waals surface area (Å²) in [6.45, 7) is 6.28. The van der Waals surface area contributed by atoms with Gasteiger partial charge in [0.25, 0.3) is 5.91 Å². The zero-order chi connectivity index (χ0) is 24.5. The number of nitrogens with one attached hydrogen (secondary N) is 1. The van der Waals surface area contributed by atoms with Crippen molar-refractivity contribution in [2.75, 3.05) is 43.1 Å². The van der Waals surface area contributed by atoms with Gasteiger partial charge < -0.3 is 34.1 Å². The Bertz CT molecular complexity index is 1240. The molecule has 0 aromatic carbocycles. The van der Waals surface area contributed by atoms with Crippen LogP contribution in [0, 0.1) is 6.92 Å². The first-order valence-electron chi connectivity index (χ1n) is 11.5. The summed E-state index contributed by atoms with van der Waals surface area (Å²) < 4.78 is 13.3. The number of anilines is 2. The number of aryl methyl sites for hydroxylation is 1. The minimum atomic E-state index is -0.922. The summed E-state index contributed by atoms with van der Waals surface area (Å²) in [6.07, 6.45) is 3.25. The number of carboxylic acid groups (broad SMARTS) is 1. The van der Waals surface area contributed by atoms with E-state index in [-0.39, 0.29) is 18.1 Å². The molecular weight excluding hydrogens is 454 g/mol. The molecule has 0 bridgehead atoms. The van der Waals surface area contributed by atoms with E-state index in [4.69, 9.17) is 9.47 Å². The second kappa shape index (κ2) is 9.37. The van der Waals surface area contributed by atoms with Crippen molar-refractivity contribution in [1.29, 1.82) is 0 Å². The predicted molar refractivity (Wildman–Crippen MR) is 126 cm³/mol. The lowest BCUT2D eigenvalue weighted by molar-refractivity contribution is 0.101. The SMILES string of the molecule is Cc1cn2cc(C(=O)Nc3ccc(N4CCN(C(=O)O)[C@@H](C)C4)nn3)c(OC3CCOC3)cc2n1. The molecule has 3 aromatic heterocycles. The molecule has 35 heavy (non-hydrogen) atoms. The first kappa shape index (κ1) is 22.8. The lowest BCUT2D eigenvalue weighted by Crippen LogP contribution is -2.54. The van der Waals surface area contributed by atoms with E-state index in [1.807, 2.05) is 24.9 Å². The standard InChI is InChI=1S/C23H27N7O5/c1-14-10-29-12-17(18(9-21(29)24-14)35-16-5-8-34-13-16)22(31)25-19-3-4-20(27-26-19)28-6-7-30(23(32)33)15(2)11-28/h3-4,9-10,12,15-16H,5-8,11,13H2,1-2H3,(H,32,33)(H,25,26,31)/t15-,16?/m0/s1. The molecule has 12 heteroatoms. The van der Waals surface area contributed by atoms with Crippen LogP contribution in [0.15, 0.2) is 30.6 Å². The van der Waals surface area contributed by atoms with Gasteiger partial charge in [-0.2, -0.15) is 0 Å². The van der Waals surface area contributed by atoms with E-state index in [9.17, 15) is 14.7 Å². The number of amides is 2. The fraction of sp³-hybridized carbons (Fsp3) is 0.435. The summed E-state index contributed by atoms with van der Waals surface area (Å²) in [6, 6.07) is 5.04. The Hall–Kier alpha value is -3.93. The fourth-order valence-corrected chi connectivity index (χ4v) is 4.39. The maximum Gasteiger partial charge on any atom is 0.407 e. The number of hydrogen-bond donors (Lipinski definition) is 2. The van der Waals surface area contributed by atoms with Crippen LogP contribution < -0.4 is 15.0 Å². The maximum atomic E-state index is 13.2. The van der Waals surface area contributed by atoms with Gasteiger partial charge in [0.15, 0.2) is 11.6 Å². The molecule has 2 saturated heterocycles. The average Bonchev–Trinajstić information content (AvgIpc) is 3.47. The third-order valence-corrected chi connectivity index (χ3v) is 6.19. The second-order valence-corrected chi connectivity index (χ2v) is 8.80. The van der Waals surface area contributed by atoms with Crippen LogP contribution in [0.3, 0.4) is 0 Å². The van der Waals surface area contributed by atoms with Crippen molar-refractivity contribution in [3.8, 4) is 5.75 Å². The minimum absolute atomic E-state index is 0.122. The van der Waals surface area contributed by atoms with Gasteiger partial charge in [-0.05, 0) is 26.0 Å². The van der Waals surface area contributed by atoms with Gasteiger partial charge in [0.2, 0.25) is 0 Å². The average molecular weight is 482 g/mol. The molecule has 1 unspecified atom stereocenters. The number of pyridine rings is 1. The van der Waals surface area contributed by atoms with E-state index in [1.165, 1.54) is 4.90 Å². The van der Waals surface area contributed by atoms with Crippen molar-refractivity contribution in [1.82, 2.24) is 24.5 Å². The Morgan fingerprint density at radius 2 is 2.09 bits per heavy atom. The summed E-state index contributed by atoms with van der Waals surface area (Å²) in [5.74, 6) is 0.984. The number of hydrogen-bond acceptors (Lipinski definition) is 8. The van der Waals surface area contributed by atoms with Crippen LogP contribution in [0.5, 0.6) is 5.75 Å². The Morgan fingerprint density at radius 1 is 1.23 bits per heavy atom. The summed E-state index contributed by atoms with van der Waals surface area (Å²) in [4.78, 5) is 32.3. The van der Waals surface area contributed by atoms with Gasteiger partial charge in [-0.25, -0.2) is 9.78 Å². The van der Waals surface area contributed by atoms with Crippen LogP contribution in [0.25, 0.3) is 5.65 Å². The zero-order valence-corrected chi connectivity index (χ0v) is 19.5.